The molecule has 0 aliphatic heterocycles. The predicted molar refractivity (Wildman–Crippen MR) is 538 cm³/mol. The summed E-state index contributed by atoms with van der Waals surface area (Å²) in [6.45, 7) is 123. The fraction of sp³-hybridized carbons (Fsp3) is 0.894. The molecule has 0 fully saturated rings. The smallest absolute Gasteiger partial charge is 0.163 e. The first kappa shape index (κ1) is 133. The van der Waals surface area contributed by atoms with Gasteiger partial charge in [0.15, 0.2) is 11.6 Å². The topological polar surface area (TPSA) is 191 Å². The van der Waals surface area contributed by atoms with Crippen LogP contribution in [-0.2, 0) is 33.4 Å². The quantitative estimate of drug-likeness (QED) is 0.0227. The van der Waals surface area contributed by atoms with Crippen LogP contribution in [0.4, 0.5) is 0 Å². The molecule has 0 aromatic heterocycles. The highest BCUT2D eigenvalue weighted by Crippen LogP contribution is 2.30. The second kappa shape index (κ2) is 61.9. The van der Waals surface area contributed by atoms with E-state index in [4.69, 9.17) is 9.47 Å². The summed E-state index contributed by atoms with van der Waals surface area (Å²) in [7, 11) is 2.06. The molecule has 0 radical (unpaired) electrons. The van der Waals surface area contributed by atoms with Gasteiger partial charge in [-0.2, -0.15) is 11.8 Å². The van der Waals surface area contributed by atoms with Crippen molar-refractivity contribution < 1.29 is 33.4 Å². The molecule has 0 aliphatic rings. The molecule has 0 rings (SSSR count). The van der Waals surface area contributed by atoms with Gasteiger partial charge in [-0.1, -0.05) is 216 Å². The largest absolute Gasteiger partial charge is 0.376 e. The zero-order valence-electron chi connectivity index (χ0n) is 90.1. The van der Waals surface area contributed by atoms with Gasteiger partial charge in [-0.05, 0) is 279 Å². The van der Waals surface area contributed by atoms with Gasteiger partial charge < -0.3 is 46.7 Å². The Morgan fingerprint density at radius 1 is 0.267 bits per heavy atom. The number of nitrogens with zero attached hydrogens (tertiary/aromatic N) is 1. The fourth-order valence-electron chi connectivity index (χ4n) is 8.79. The number of carbonyl (C=O) groups excluding carboxylic acids is 5. The molecule has 15 nitrogen and oxygen atoms in total. The van der Waals surface area contributed by atoms with E-state index in [1.54, 1.807) is 11.8 Å². The van der Waals surface area contributed by atoms with E-state index in [1.165, 1.54) is 62.5 Å². The van der Waals surface area contributed by atoms with Crippen LogP contribution in [0.2, 0.25) is 0 Å². The number of thioether (sulfide) groups is 1. The number of rotatable bonds is 39. The number of allylic oxidation sites excluding steroid dienone is 2. The third-order valence-electron chi connectivity index (χ3n) is 19.0. The minimum absolute atomic E-state index is 0.0287. The summed E-state index contributed by atoms with van der Waals surface area (Å²) in [5, 5.41) is 23.9. The van der Waals surface area contributed by atoms with Gasteiger partial charge in [-0.25, -0.2) is 0 Å². The Morgan fingerprint density at radius 3 is 0.850 bits per heavy atom. The number of unbranched alkanes of at least 4 members (excludes halogenated alkanes) is 6. The number of nitrogens with one attached hydrogen (secondary N) is 7. The number of ketones is 5. The van der Waals surface area contributed by atoms with Crippen LogP contribution in [0.3, 0.4) is 0 Å². The minimum Gasteiger partial charge on any atom is -0.376 e. The number of carbonyl (C=O) groups is 5. The van der Waals surface area contributed by atoms with Crippen molar-refractivity contribution in [3.8, 4) is 0 Å². The van der Waals surface area contributed by atoms with Gasteiger partial charge in [0.05, 0.1) is 32.1 Å². The lowest BCUT2D eigenvalue weighted by Gasteiger charge is -2.31. The number of likely N-dealkylation sites (N-methyl/N-ethyl adjacent to an activating group) is 1. The van der Waals surface area contributed by atoms with E-state index in [1.807, 2.05) is 104 Å². The molecule has 0 heterocycles. The van der Waals surface area contributed by atoms with Crippen molar-refractivity contribution in [2.75, 3.05) is 97.3 Å². The molecule has 0 amide bonds. The SMILES string of the molecule is C=C(CCCCCNC(C)(C)C)C(C)(C)C.C=C(CCCNC(C)(C)C)C(C)(C)C.C=C(COCCNC(C)(C)C)C(C)(C)C.CC(C)(C)NCC(=O)C(C)(C)C.CC(C)(C)NCCCCC(=O)C(C)(C)C.CC(C)(C)NCCCCCCC(=O)C(C)(C)C.CC(C)(C)NCCSCC(=O)C(C)(C)C.CN(CCOCC(=O)C(C)(C)C)C(C)(C)C. The van der Waals surface area contributed by atoms with E-state index in [0.29, 0.717) is 42.9 Å². The molecule has 0 unspecified atom stereocenters. The van der Waals surface area contributed by atoms with E-state index < -0.39 is 0 Å². The predicted octanol–water partition coefficient (Wildman–Crippen LogP) is 25.4. The van der Waals surface area contributed by atoms with Gasteiger partial charge in [-0.15, -0.1) is 0 Å². The van der Waals surface area contributed by atoms with Gasteiger partial charge in [0.1, 0.15) is 24.0 Å². The average molecular weight is 1720 g/mol. The average Bonchev–Trinajstić information content (AvgIpc) is 0.898. The summed E-state index contributed by atoms with van der Waals surface area (Å²) < 4.78 is 11.0. The summed E-state index contributed by atoms with van der Waals surface area (Å²) in [5.41, 5.74) is 4.99. The molecule has 0 aromatic rings. The monoisotopic (exact) mass is 1720 g/mol. The van der Waals surface area contributed by atoms with Crippen molar-refractivity contribution in [1.82, 2.24) is 42.1 Å². The third kappa shape index (κ3) is 104. The first-order valence-electron chi connectivity index (χ1n) is 46.4. The van der Waals surface area contributed by atoms with Gasteiger partial charge in [0, 0.05) is 110 Å². The summed E-state index contributed by atoms with van der Waals surface area (Å²) in [6, 6.07) is 0. The number of Topliss-reactive ketones (excluding diaryl/α,β-unsaturated/α-hetero) is 5. The molecule has 0 atom stereocenters. The van der Waals surface area contributed by atoms with Crippen molar-refractivity contribution in [2.24, 2.45) is 43.3 Å². The van der Waals surface area contributed by atoms with Crippen LogP contribution >= 0.6 is 11.8 Å². The highest BCUT2D eigenvalue weighted by atomic mass is 32.2. The van der Waals surface area contributed by atoms with E-state index >= 15 is 0 Å². The number of hydrogen-bond acceptors (Lipinski definition) is 16. The van der Waals surface area contributed by atoms with Gasteiger partial charge in [-0.3, -0.25) is 28.9 Å². The Kier molecular flexibility index (Phi) is 68.6. The maximum absolute atomic E-state index is 11.7. The zero-order chi connectivity index (χ0) is 97.1. The molecule has 720 valence electrons. The van der Waals surface area contributed by atoms with E-state index in [9.17, 15) is 24.0 Å². The van der Waals surface area contributed by atoms with Crippen LogP contribution < -0.4 is 37.2 Å². The third-order valence-corrected chi connectivity index (χ3v) is 20.0. The molecule has 0 spiro atoms. The molecule has 7 N–H and O–H groups in total. The second-order valence-electron chi connectivity index (χ2n) is 49.9. The van der Waals surface area contributed by atoms with Crippen molar-refractivity contribution >= 4 is 40.7 Å². The van der Waals surface area contributed by atoms with Crippen molar-refractivity contribution in [2.45, 2.75) is 467 Å². The molecule has 0 aliphatic carbocycles. The Bertz CT molecular complexity index is 2580. The van der Waals surface area contributed by atoms with Crippen LogP contribution in [0.1, 0.15) is 422 Å². The summed E-state index contributed by atoms with van der Waals surface area (Å²) in [6.07, 6.45) is 15.6. The number of ether oxygens (including phenoxy) is 2. The number of hydrogen-bond donors (Lipinski definition) is 7. The molecule has 0 saturated carbocycles. The lowest BCUT2D eigenvalue weighted by atomic mass is 9.84. The van der Waals surface area contributed by atoms with E-state index in [0.717, 1.165) is 102 Å². The molecular formula is C104H216N8O7S. The van der Waals surface area contributed by atoms with Crippen LogP contribution in [0.25, 0.3) is 0 Å². The summed E-state index contributed by atoms with van der Waals surface area (Å²) in [4.78, 5) is 60.1. The lowest BCUT2D eigenvalue weighted by molar-refractivity contribution is -0.131. The maximum Gasteiger partial charge on any atom is 0.163 e. The normalized spacial score (nSPS) is 13.0. The summed E-state index contributed by atoms with van der Waals surface area (Å²) >= 11 is 1.72. The standard InChI is InChI=1S/C15H31NO.C15H31N.C13H27NO2.2C13H27NO.C13H27N.C12H25NOS.C10H21NO/c1-14(2,3)13(17)11-9-7-8-10-12-16-15(4,5)6;1-13(14(2,3)4)11-9-8-10-12-16-15(5,6)7;1-12(2,3)11(15)10-16-9-8-14(7)13(4,5)6;1-11(12(2,3)4)10-15-9-8-14-13(5,6)7;1-12(2,3)11(15)9-7-8-10-14-13(4,5)6;1-11(12(2,3)4)9-8-10-14-13(5,6)7;1-11(2,3)10(14)9-15-8-7-13-12(4,5)6;1-9(2,3)8(12)7-11-10(4,5)6/h16H,7-12H2,1-6H3;16H,1,8-12H2,2-7H3;8-10H2,1-7H3;14H,1,8-10H2,2-7H3;14H,7-10H2,1-6H3;14H,1,8-10H2,2-7H3;13H,7-9H2,1-6H3;11H,7H2,1-6H3. The molecule has 16 heteroatoms. The Balaban J connectivity index is -0.000000199. The van der Waals surface area contributed by atoms with Crippen molar-refractivity contribution in [1.29, 1.82) is 0 Å². The summed E-state index contributed by atoms with van der Waals surface area (Å²) in [5.74, 6) is 3.16. The van der Waals surface area contributed by atoms with Crippen LogP contribution in [0.15, 0.2) is 36.5 Å². The molecule has 0 aromatic carbocycles. The Hall–Kier alpha value is -2.48. The molecule has 120 heavy (non-hydrogen) atoms. The second-order valence-corrected chi connectivity index (χ2v) is 51.0. The van der Waals surface area contributed by atoms with Crippen LogP contribution in [-0.4, -0.2) is 175 Å². The van der Waals surface area contributed by atoms with Gasteiger partial charge in [0.25, 0.3) is 0 Å². The van der Waals surface area contributed by atoms with Crippen molar-refractivity contribution in [3.05, 3.63) is 36.5 Å². The molecule has 0 saturated heterocycles. The Labute approximate surface area is 755 Å². The van der Waals surface area contributed by atoms with Gasteiger partial charge in [0.2, 0.25) is 0 Å². The first-order valence-corrected chi connectivity index (χ1v) is 47.5. The van der Waals surface area contributed by atoms with Crippen molar-refractivity contribution in [3.63, 3.8) is 0 Å². The van der Waals surface area contributed by atoms with Gasteiger partial charge >= 0.3 is 0 Å². The fourth-order valence-corrected chi connectivity index (χ4v) is 9.80. The van der Waals surface area contributed by atoms with E-state index in [2.05, 4.69) is 297 Å². The molecular weight excluding hydrogens is 1510 g/mol. The van der Waals surface area contributed by atoms with Crippen LogP contribution in [0.5, 0.6) is 0 Å². The first-order chi connectivity index (χ1) is 52.9. The zero-order valence-corrected chi connectivity index (χ0v) is 91.0. The highest BCUT2D eigenvalue weighted by Gasteiger charge is 2.27. The van der Waals surface area contributed by atoms with E-state index in [-0.39, 0.29) is 106 Å². The minimum atomic E-state index is -0.296. The van der Waals surface area contributed by atoms with Crippen LogP contribution in [0, 0.1) is 43.3 Å². The lowest BCUT2D eigenvalue weighted by Crippen LogP contribution is -2.42. The highest BCUT2D eigenvalue weighted by molar-refractivity contribution is 7.99. The Morgan fingerprint density at radius 2 is 0.533 bits per heavy atom. The maximum atomic E-state index is 11.7. The molecule has 0 bridgehead atoms.